The molecule has 1 fully saturated rings. The molecule has 1 heterocycles. The van der Waals surface area contributed by atoms with Crippen molar-refractivity contribution in [3.8, 4) is 0 Å². The number of aliphatic hydroxyl groups is 1. The number of primary sulfonamides is 1. The average molecular weight is 272 g/mol. The van der Waals surface area contributed by atoms with E-state index in [1.165, 1.54) is 29.2 Å². The highest BCUT2D eigenvalue weighted by Gasteiger charge is 2.31. The van der Waals surface area contributed by atoms with Crippen LogP contribution < -0.4 is 10.0 Å². The number of anilines is 1. The van der Waals surface area contributed by atoms with Crippen LogP contribution in [0.5, 0.6) is 0 Å². The summed E-state index contributed by atoms with van der Waals surface area (Å²) < 4.78 is 27.0. The van der Waals surface area contributed by atoms with Gasteiger partial charge in [-0.1, -0.05) is 0 Å². The zero-order valence-corrected chi connectivity index (χ0v) is 10.1. The molecule has 1 aromatic carbocycles. The summed E-state index contributed by atoms with van der Waals surface area (Å²) in [6.45, 7) is -0.0262. The highest BCUT2D eigenvalue weighted by molar-refractivity contribution is 7.89. The molecule has 1 aliphatic heterocycles. The summed E-state index contributed by atoms with van der Waals surface area (Å²) in [7, 11) is -3.75. The zero-order valence-electron chi connectivity index (χ0n) is 9.31. The number of ether oxygens (including phenoxy) is 1. The topological polar surface area (TPSA) is 110 Å². The predicted molar refractivity (Wildman–Crippen MR) is 62.5 cm³/mol. The number of rotatable bonds is 3. The molecule has 0 bridgehead atoms. The third-order valence-corrected chi connectivity index (χ3v) is 3.48. The Balaban J connectivity index is 2.23. The third-order valence-electron chi connectivity index (χ3n) is 2.55. The molecule has 3 N–H and O–H groups in total. The molecule has 8 heteroatoms. The van der Waals surface area contributed by atoms with Gasteiger partial charge in [0, 0.05) is 5.69 Å². The van der Waals surface area contributed by atoms with E-state index >= 15 is 0 Å². The van der Waals surface area contributed by atoms with Crippen LogP contribution in [-0.2, 0) is 14.8 Å². The summed E-state index contributed by atoms with van der Waals surface area (Å²) in [4.78, 5) is 12.8. The van der Waals surface area contributed by atoms with Crippen LogP contribution in [-0.4, -0.2) is 38.9 Å². The number of cyclic esters (lactones) is 1. The number of aliphatic hydroxyl groups excluding tert-OH is 1. The van der Waals surface area contributed by atoms with Crippen molar-refractivity contribution in [1.29, 1.82) is 0 Å². The summed E-state index contributed by atoms with van der Waals surface area (Å²) in [5, 5.41) is 13.9. The van der Waals surface area contributed by atoms with Crippen LogP contribution >= 0.6 is 0 Å². The van der Waals surface area contributed by atoms with Gasteiger partial charge in [0.15, 0.2) is 0 Å². The summed E-state index contributed by atoms with van der Waals surface area (Å²) in [5.74, 6) is 0. The predicted octanol–water partition coefficient (Wildman–Crippen LogP) is -0.349. The van der Waals surface area contributed by atoms with E-state index in [1.807, 2.05) is 0 Å². The Morgan fingerprint density at radius 3 is 2.44 bits per heavy atom. The Labute approximate surface area is 104 Å². The van der Waals surface area contributed by atoms with Crippen molar-refractivity contribution in [2.24, 2.45) is 5.14 Å². The first-order valence-electron chi connectivity index (χ1n) is 5.13. The molecule has 0 aromatic heterocycles. The van der Waals surface area contributed by atoms with E-state index in [1.54, 1.807) is 0 Å². The highest BCUT2D eigenvalue weighted by atomic mass is 32.2. The molecule has 2 rings (SSSR count). The van der Waals surface area contributed by atoms with Crippen LogP contribution in [0, 0.1) is 0 Å². The van der Waals surface area contributed by atoms with Crippen molar-refractivity contribution in [2.45, 2.75) is 11.0 Å². The molecule has 1 atom stereocenters. The van der Waals surface area contributed by atoms with E-state index in [9.17, 15) is 13.2 Å². The number of hydrogen-bond donors (Lipinski definition) is 2. The number of carbonyl (C=O) groups is 1. The smallest absolute Gasteiger partial charge is 0.414 e. The van der Waals surface area contributed by atoms with Gasteiger partial charge in [0.2, 0.25) is 10.0 Å². The molecule has 0 saturated carbocycles. The number of benzene rings is 1. The lowest BCUT2D eigenvalue weighted by atomic mass is 10.3. The largest absolute Gasteiger partial charge is 0.441 e. The molecule has 1 saturated heterocycles. The molecular weight excluding hydrogens is 260 g/mol. The van der Waals surface area contributed by atoms with Gasteiger partial charge in [-0.3, -0.25) is 4.90 Å². The second kappa shape index (κ2) is 4.56. The molecule has 0 radical (unpaired) electrons. The molecule has 0 spiro atoms. The monoisotopic (exact) mass is 272 g/mol. The van der Waals surface area contributed by atoms with E-state index in [2.05, 4.69) is 0 Å². The van der Waals surface area contributed by atoms with Gasteiger partial charge in [-0.15, -0.1) is 0 Å². The Bertz CT molecular complexity index is 554. The molecule has 7 nitrogen and oxygen atoms in total. The number of carbonyl (C=O) groups excluding carboxylic acids is 1. The van der Waals surface area contributed by atoms with Gasteiger partial charge in [0.05, 0.1) is 18.0 Å². The van der Waals surface area contributed by atoms with Gasteiger partial charge in [-0.25, -0.2) is 18.4 Å². The average Bonchev–Trinajstić information content (AvgIpc) is 2.70. The fourth-order valence-corrected chi connectivity index (χ4v) is 2.16. The Kier molecular flexibility index (Phi) is 3.24. The highest BCUT2D eigenvalue weighted by Crippen LogP contribution is 2.22. The van der Waals surface area contributed by atoms with Crippen LogP contribution in [0.1, 0.15) is 0 Å². The van der Waals surface area contributed by atoms with Gasteiger partial charge < -0.3 is 9.84 Å². The Morgan fingerprint density at radius 2 is 2.00 bits per heavy atom. The normalized spacial score (nSPS) is 20.0. The van der Waals surface area contributed by atoms with Crippen LogP contribution in [0.25, 0.3) is 0 Å². The minimum Gasteiger partial charge on any atom is -0.441 e. The molecule has 1 aliphatic rings. The summed E-state index contributed by atoms with van der Waals surface area (Å²) in [6, 6.07) is 5.54. The molecule has 98 valence electrons. The number of nitrogens with zero attached hydrogens (tertiary/aromatic N) is 1. The minimum absolute atomic E-state index is 0.0301. The number of amides is 1. The van der Waals surface area contributed by atoms with E-state index in [-0.39, 0.29) is 18.0 Å². The summed E-state index contributed by atoms with van der Waals surface area (Å²) >= 11 is 0. The maximum absolute atomic E-state index is 11.5. The van der Waals surface area contributed by atoms with Gasteiger partial charge in [-0.05, 0) is 24.3 Å². The first-order valence-corrected chi connectivity index (χ1v) is 6.68. The molecule has 0 aliphatic carbocycles. The summed E-state index contributed by atoms with van der Waals surface area (Å²) in [5.41, 5.74) is 0.489. The Morgan fingerprint density at radius 1 is 1.39 bits per heavy atom. The maximum Gasteiger partial charge on any atom is 0.414 e. The van der Waals surface area contributed by atoms with Gasteiger partial charge in [0.1, 0.15) is 6.10 Å². The van der Waals surface area contributed by atoms with Gasteiger partial charge in [-0.2, -0.15) is 0 Å². The molecule has 18 heavy (non-hydrogen) atoms. The standard InChI is InChI=1S/C10H12N2O5S/c11-18(15,16)9-3-1-7(2-4-9)12-5-8(6-13)17-10(12)14/h1-4,8,13H,5-6H2,(H2,11,15,16)/t8-/m1/s1. The fourth-order valence-electron chi connectivity index (χ4n) is 1.64. The lowest BCUT2D eigenvalue weighted by Crippen LogP contribution is -2.25. The number of hydrogen-bond acceptors (Lipinski definition) is 5. The second-order valence-electron chi connectivity index (χ2n) is 3.84. The molecule has 1 aromatic rings. The van der Waals surface area contributed by atoms with Crippen molar-refractivity contribution < 1.29 is 23.1 Å². The van der Waals surface area contributed by atoms with Crippen LogP contribution in [0.4, 0.5) is 10.5 Å². The summed E-state index contributed by atoms with van der Waals surface area (Å²) in [6.07, 6.45) is -1.13. The number of nitrogens with two attached hydrogens (primary N) is 1. The van der Waals surface area contributed by atoms with Crippen LogP contribution in [0.2, 0.25) is 0 Å². The van der Waals surface area contributed by atoms with E-state index < -0.39 is 22.2 Å². The maximum atomic E-state index is 11.5. The SMILES string of the molecule is NS(=O)(=O)c1ccc(N2C[C@H](CO)OC2=O)cc1. The van der Waals surface area contributed by atoms with Crippen molar-refractivity contribution in [2.75, 3.05) is 18.1 Å². The van der Waals surface area contributed by atoms with Crippen molar-refractivity contribution in [1.82, 2.24) is 0 Å². The first kappa shape index (κ1) is 12.8. The van der Waals surface area contributed by atoms with Gasteiger partial charge >= 0.3 is 6.09 Å². The van der Waals surface area contributed by atoms with Crippen molar-refractivity contribution in [3.63, 3.8) is 0 Å². The molecule has 0 unspecified atom stereocenters. The Hall–Kier alpha value is -1.64. The lowest BCUT2D eigenvalue weighted by Gasteiger charge is -2.12. The quantitative estimate of drug-likeness (QED) is 0.781. The van der Waals surface area contributed by atoms with Gasteiger partial charge in [0.25, 0.3) is 0 Å². The zero-order chi connectivity index (χ0) is 13.3. The van der Waals surface area contributed by atoms with Crippen LogP contribution in [0.3, 0.4) is 0 Å². The third kappa shape index (κ3) is 2.45. The second-order valence-corrected chi connectivity index (χ2v) is 5.40. The van der Waals surface area contributed by atoms with Crippen molar-refractivity contribution in [3.05, 3.63) is 24.3 Å². The first-order chi connectivity index (χ1) is 8.41. The van der Waals surface area contributed by atoms with Crippen molar-refractivity contribution >= 4 is 21.8 Å². The van der Waals surface area contributed by atoms with Crippen LogP contribution in [0.15, 0.2) is 29.2 Å². The van der Waals surface area contributed by atoms with E-state index in [4.69, 9.17) is 15.0 Å². The number of sulfonamides is 1. The van der Waals surface area contributed by atoms with E-state index in [0.717, 1.165) is 0 Å². The fraction of sp³-hybridized carbons (Fsp3) is 0.300. The van der Waals surface area contributed by atoms with E-state index in [0.29, 0.717) is 5.69 Å². The lowest BCUT2D eigenvalue weighted by molar-refractivity contribution is 0.0963. The minimum atomic E-state index is -3.75. The molecular formula is C10H12N2O5S. The molecule has 1 amide bonds.